The van der Waals surface area contributed by atoms with Gasteiger partial charge in [-0.1, -0.05) is 15.9 Å². The highest BCUT2D eigenvalue weighted by molar-refractivity contribution is 9.09. The third-order valence-electron chi connectivity index (χ3n) is 3.13. The first-order valence-electron chi connectivity index (χ1n) is 6.34. The van der Waals surface area contributed by atoms with Crippen molar-refractivity contribution in [2.45, 2.75) is 19.3 Å². The van der Waals surface area contributed by atoms with Crippen molar-refractivity contribution < 1.29 is 4.92 Å². The number of alkyl halides is 1. The Morgan fingerprint density at radius 3 is 2.42 bits per heavy atom. The van der Waals surface area contributed by atoms with Crippen LogP contribution in [0, 0.1) is 10.1 Å². The van der Waals surface area contributed by atoms with Gasteiger partial charge in [0.15, 0.2) is 0 Å². The van der Waals surface area contributed by atoms with E-state index >= 15 is 0 Å². The van der Waals surface area contributed by atoms with E-state index in [4.69, 9.17) is 0 Å². The van der Waals surface area contributed by atoms with E-state index in [0.29, 0.717) is 5.33 Å². The summed E-state index contributed by atoms with van der Waals surface area (Å²) < 4.78 is 0. The number of hydrazone groups is 1. The molecule has 1 aromatic rings. The summed E-state index contributed by atoms with van der Waals surface area (Å²) in [6.45, 7) is 1.98. The van der Waals surface area contributed by atoms with Crippen LogP contribution in [0.15, 0.2) is 29.4 Å². The van der Waals surface area contributed by atoms with Crippen molar-refractivity contribution in [1.82, 2.24) is 5.01 Å². The van der Waals surface area contributed by atoms with E-state index < -0.39 is 0 Å². The Hall–Kier alpha value is -1.43. The predicted molar refractivity (Wildman–Crippen MR) is 78.9 cm³/mol. The molecule has 0 N–H and O–H groups in total. The molecule has 0 aliphatic carbocycles. The van der Waals surface area contributed by atoms with Crippen molar-refractivity contribution >= 4 is 27.3 Å². The van der Waals surface area contributed by atoms with Gasteiger partial charge in [-0.3, -0.25) is 15.1 Å². The summed E-state index contributed by atoms with van der Waals surface area (Å²) >= 11 is 3.44. The third kappa shape index (κ3) is 3.76. The lowest BCUT2D eigenvalue weighted by Gasteiger charge is -2.24. The molecule has 5 nitrogen and oxygen atoms in total. The maximum atomic E-state index is 10.6. The zero-order valence-corrected chi connectivity index (χ0v) is 12.2. The number of benzene rings is 1. The van der Waals surface area contributed by atoms with Gasteiger partial charge in [-0.15, -0.1) is 0 Å². The minimum Gasteiger partial charge on any atom is -0.297 e. The highest BCUT2D eigenvalue weighted by atomic mass is 79.9. The van der Waals surface area contributed by atoms with Crippen molar-refractivity contribution in [1.29, 1.82) is 0 Å². The summed E-state index contributed by atoms with van der Waals surface area (Å²) in [4.78, 5) is 10.2. The maximum Gasteiger partial charge on any atom is 0.269 e. The normalized spacial score (nSPS) is 16.5. The molecule has 0 atom stereocenters. The number of halogens is 1. The highest BCUT2D eigenvalue weighted by Gasteiger charge is 2.11. The summed E-state index contributed by atoms with van der Waals surface area (Å²) in [6, 6.07) is 6.54. The molecule has 6 heteroatoms. The SMILES string of the molecule is O=[N+]([O-])c1ccc(C(CBr)=NN2CCCCC2)cc1. The van der Waals surface area contributed by atoms with Gasteiger partial charge in [0.05, 0.1) is 10.6 Å². The molecule has 0 spiro atoms. The molecule has 0 aromatic heterocycles. The fourth-order valence-corrected chi connectivity index (χ4v) is 2.52. The molecule has 0 saturated carbocycles. The van der Waals surface area contributed by atoms with Gasteiger partial charge < -0.3 is 0 Å². The van der Waals surface area contributed by atoms with Gasteiger partial charge in [-0.05, 0) is 37.0 Å². The van der Waals surface area contributed by atoms with Gasteiger partial charge in [0.2, 0.25) is 0 Å². The number of nitro benzene ring substituents is 1. The number of nitrogens with zero attached hydrogens (tertiary/aromatic N) is 3. The van der Waals surface area contributed by atoms with E-state index in [-0.39, 0.29) is 10.6 Å². The standard InChI is InChI=1S/C13H16BrN3O2/c14-10-13(15-16-8-2-1-3-9-16)11-4-6-12(7-5-11)17(18)19/h4-7H,1-3,8-10H2. The number of rotatable bonds is 4. The maximum absolute atomic E-state index is 10.6. The monoisotopic (exact) mass is 325 g/mol. The minimum atomic E-state index is -0.390. The van der Waals surface area contributed by atoms with E-state index in [1.807, 2.05) is 0 Å². The minimum absolute atomic E-state index is 0.107. The van der Waals surface area contributed by atoms with E-state index in [1.165, 1.54) is 31.4 Å². The topological polar surface area (TPSA) is 58.7 Å². The lowest BCUT2D eigenvalue weighted by Crippen LogP contribution is -2.26. The number of hydrogen-bond acceptors (Lipinski definition) is 4. The Labute approximate surface area is 120 Å². The molecule has 1 aromatic carbocycles. The van der Waals surface area contributed by atoms with E-state index in [2.05, 4.69) is 26.0 Å². The van der Waals surface area contributed by atoms with Gasteiger partial charge in [0, 0.05) is 30.6 Å². The number of piperidine rings is 1. The summed E-state index contributed by atoms with van der Waals surface area (Å²) in [6.07, 6.45) is 3.63. The zero-order chi connectivity index (χ0) is 13.7. The highest BCUT2D eigenvalue weighted by Crippen LogP contribution is 2.15. The molecule has 1 heterocycles. The molecule has 102 valence electrons. The molecule has 19 heavy (non-hydrogen) atoms. The van der Waals surface area contributed by atoms with Crippen molar-refractivity contribution in [2.24, 2.45) is 5.10 Å². The average Bonchev–Trinajstić information content (AvgIpc) is 2.46. The number of non-ortho nitro benzene ring substituents is 1. The average molecular weight is 326 g/mol. The quantitative estimate of drug-likeness (QED) is 0.369. The largest absolute Gasteiger partial charge is 0.297 e. The summed E-state index contributed by atoms with van der Waals surface area (Å²) in [7, 11) is 0. The summed E-state index contributed by atoms with van der Waals surface area (Å²) in [5.41, 5.74) is 1.94. The Bertz CT molecular complexity index is 467. The van der Waals surface area contributed by atoms with Crippen LogP contribution >= 0.6 is 15.9 Å². The lowest BCUT2D eigenvalue weighted by molar-refractivity contribution is -0.384. The van der Waals surface area contributed by atoms with Crippen LogP contribution < -0.4 is 0 Å². The summed E-state index contributed by atoms with van der Waals surface area (Å²) in [5, 5.41) is 18.0. The molecule has 1 fully saturated rings. The molecule has 0 amide bonds. The Kier molecular flexibility index (Phi) is 4.90. The van der Waals surface area contributed by atoms with Gasteiger partial charge >= 0.3 is 0 Å². The van der Waals surface area contributed by atoms with Gasteiger partial charge in [-0.25, -0.2) is 0 Å². The Morgan fingerprint density at radius 1 is 1.26 bits per heavy atom. The van der Waals surface area contributed by atoms with Crippen LogP contribution in [0.1, 0.15) is 24.8 Å². The van der Waals surface area contributed by atoms with Gasteiger partial charge in [0.25, 0.3) is 5.69 Å². The first-order valence-corrected chi connectivity index (χ1v) is 7.46. The van der Waals surface area contributed by atoms with Crippen LogP contribution in [0.5, 0.6) is 0 Å². The molecule has 0 radical (unpaired) electrons. The molecule has 0 bridgehead atoms. The second kappa shape index (κ2) is 6.65. The van der Waals surface area contributed by atoms with Crippen molar-refractivity contribution in [3.05, 3.63) is 39.9 Å². The van der Waals surface area contributed by atoms with Gasteiger partial charge in [-0.2, -0.15) is 5.10 Å². The molecular formula is C13H16BrN3O2. The lowest BCUT2D eigenvalue weighted by atomic mass is 10.1. The van der Waals surface area contributed by atoms with Crippen LogP contribution in [-0.4, -0.2) is 34.1 Å². The number of nitro groups is 1. The molecule has 0 unspecified atom stereocenters. The number of hydrogen-bond donors (Lipinski definition) is 0. The van der Waals surface area contributed by atoms with E-state index in [0.717, 1.165) is 24.4 Å². The molecular weight excluding hydrogens is 310 g/mol. The van der Waals surface area contributed by atoms with Crippen LogP contribution in [0.25, 0.3) is 0 Å². The first-order chi connectivity index (χ1) is 9.20. The van der Waals surface area contributed by atoms with E-state index in [1.54, 1.807) is 12.1 Å². The fourth-order valence-electron chi connectivity index (χ4n) is 2.09. The molecule has 1 saturated heterocycles. The third-order valence-corrected chi connectivity index (χ3v) is 3.66. The van der Waals surface area contributed by atoms with Crippen LogP contribution in [-0.2, 0) is 0 Å². The van der Waals surface area contributed by atoms with Crippen LogP contribution in [0.3, 0.4) is 0 Å². The smallest absolute Gasteiger partial charge is 0.269 e. The molecule has 1 aliphatic rings. The first kappa shape index (κ1) is 14.0. The second-order valence-electron chi connectivity index (χ2n) is 4.50. The Morgan fingerprint density at radius 2 is 1.89 bits per heavy atom. The Balaban J connectivity index is 2.16. The molecule has 2 rings (SSSR count). The summed E-state index contributed by atoms with van der Waals surface area (Å²) in [5.74, 6) is 0. The fraction of sp³-hybridized carbons (Fsp3) is 0.462. The van der Waals surface area contributed by atoms with E-state index in [9.17, 15) is 10.1 Å². The van der Waals surface area contributed by atoms with Crippen molar-refractivity contribution in [3.63, 3.8) is 0 Å². The van der Waals surface area contributed by atoms with Crippen molar-refractivity contribution in [2.75, 3.05) is 18.4 Å². The predicted octanol–water partition coefficient (Wildman–Crippen LogP) is 3.18. The van der Waals surface area contributed by atoms with Crippen LogP contribution in [0.2, 0.25) is 0 Å². The molecule has 1 aliphatic heterocycles. The van der Waals surface area contributed by atoms with Crippen molar-refractivity contribution in [3.8, 4) is 0 Å². The van der Waals surface area contributed by atoms with Crippen LogP contribution in [0.4, 0.5) is 5.69 Å². The zero-order valence-electron chi connectivity index (χ0n) is 10.6. The second-order valence-corrected chi connectivity index (χ2v) is 5.06. The van der Waals surface area contributed by atoms with Gasteiger partial charge in [0.1, 0.15) is 0 Å².